The maximum atomic E-state index is 12.0. The van der Waals surface area contributed by atoms with Crippen molar-refractivity contribution in [2.75, 3.05) is 5.32 Å². The van der Waals surface area contributed by atoms with Crippen molar-refractivity contribution in [2.24, 2.45) is 0 Å². The smallest absolute Gasteiger partial charge is 0.224 e. The first-order valence-electron chi connectivity index (χ1n) is 8.61. The van der Waals surface area contributed by atoms with Crippen molar-refractivity contribution in [2.45, 2.75) is 52.0 Å². The minimum Gasteiger partial charge on any atom is -1.00 e. The maximum absolute atomic E-state index is 12.0. The number of rotatable bonds is 9. The van der Waals surface area contributed by atoms with Gasteiger partial charge in [0.1, 0.15) is 6.54 Å². The molecule has 4 heteroatoms. The molecule has 0 atom stereocenters. The highest BCUT2D eigenvalue weighted by Crippen LogP contribution is 2.12. The normalized spacial score (nSPS) is 10.0. The summed E-state index contributed by atoms with van der Waals surface area (Å²) in [5, 5.41) is 2.98. The van der Waals surface area contributed by atoms with Gasteiger partial charge in [0.25, 0.3) is 0 Å². The van der Waals surface area contributed by atoms with E-state index in [1.165, 1.54) is 18.4 Å². The predicted octanol–water partition coefficient (Wildman–Crippen LogP) is 1.13. The van der Waals surface area contributed by atoms with E-state index in [0.29, 0.717) is 6.42 Å². The second kappa shape index (κ2) is 11.8. The summed E-state index contributed by atoms with van der Waals surface area (Å²) >= 11 is 0. The summed E-state index contributed by atoms with van der Waals surface area (Å²) in [5.41, 5.74) is 2.23. The lowest BCUT2D eigenvalue weighted by Gasteiger charge is -2.06. The summed E-state index contributed by atoms with van der Waals surface area (Å²) in [6, 6.07) is 14.3. The van der Waals surface area contributed by atoms with Crippen LogP contribution in [0.1, 0.15) is 44.6 Å². The Balaban J connectivity index is 0.00000288. The average Bonchev–Trinajstić information content (AvgIpc) is 2.59. The minimum absolute atomic E-state index is 0. The number of hydrogen-bond acceptors (Lipinski definition) is 1. The maximum Gasteiger partial charge on any atom is 0.224 e. The van der Waals surface area contributed by atoms with E-state index in [0.717, 1.165) is 31.5 Å². The molecule has 1 amide bonds. The monoisotopic (exact) mass is 390 g/mol. The van der Waals surface area contributed by atoms with E-state index in [9.17, 15) is 4.79 Å². The number of aromatic nitrogens is 1. The molecule has 2 aromatic rings. The van der Waals surface area contributed by atoms with E-state index in [4.69, 9.17) is 0 Å². The van der Waals surface area contributed by atoms with E-state index >= 15 is 0 Å². The number of unbranched alkanes of at least 4 members (excludes halogenated alkanes) is 2. The van der Waals surface area contributed by atoms with Gasteiger partial charge in [0.15, 0.2) is 12.4 Å². The molecule has 3 nitrogen and oxygen atoms in total. The summed E-state index contributed by atoms with van der Waals surface area (Å²) < 4.78 is 2.15. The lowest BCUT2D eigenvalue weighted by molar-refractivity contribution is -0.697. The summed E-state index contributed by atoms with van der Waals surface area (Å²) in [6.07, 6.45) is 10.1. The molecule has 0 aliphatic carbocycles. The van der Waals surface area contributed by atoms with Crippen molar-refractivity contribution in [1.82, 2.24) is 0 Å². The number of aryl methyl sites for hydroxylation is 2. The number of nitrogens with zero attached hydrogens (tertiary/aromatic N) is 1. The summed E-state index contributed by atoms with van der Waals surface area (Å²) in [5.74, 6) is 0.101. The zero-order valence-corrected chi connectivity index (χ0v) is 16.0. The molecular formula is C20H27BrN2O. The Bertz CT molecular complexity index is 584. The number of nitrogens with one attached hydrogen (secondary N) is 1. The van der Waals surface area contributed by atoms with Crippen molar-refractivity contribution in [1.29, 1.82) is 0 Å². The third kappa shape index (κ3) is 7.73. The fraction of sp³-hybridized carbons (Fsp3) is 0.400. The highest BCUT2D eigenvalue weighted by Gasteiger charge is 2.04. The van der Waals surface area contributed by atoms with Crippen LogP contribution >= 0.6 is 0 Å². The molecule has 0 saturated carbocycles. The van der Waals surface area contributed by atoms with Crippen LogP contribution in [0.3, 0.4) is 0 Å². The second-order valence-electron chi connectivity index (χ2n) is 5.92. The van der Waals surface area contributed by atoms with Gasteiger partial charge < -0.3 is 22.3 Å². The molecule has 1 N–H and O–H groups in total. The third-order valence-electron chi connectivity index (χ3n) is 3.90. The number of carbonyl (C=O) groups is 1. The molecule has 0 unspecified atom stereocenters. The van der Waals surface area contributed by atoms with Gasteiger partial charge in [0, 0.05) is 30.7 Å². The number of amides is 1. The zero-order valence-electron chi connectivity index (χ0n) is 14.4. The summed E-state index contributed by atoms with van der Waals surface area (Å²) in [6.45, 7) is 3.16. The van der Waals surface area contributed by atoms with E-state index < -0.39 is 0 Å². The van der Waals surface area contributed by atoms with Gasteiger partial charge in [-0.3, -0.25) is 4.79 Å². The average molecular weight is 391 g/mol. The van der Waals surface area contributed by atoms with Crippen molar-refractivity contribution in [3.8, 4) is 0 Å². The number of pyridine rings is 1. The van der Waals surface area contributed by atoms with Crippen molar-refractivity contribution >= 4 is 11.6 Å². The van der Waals surface area contributed by atoms with E-state index in [1.54, 1.807) is 0 Å². The van der Waals surface area contributed by atoms with Gasteiger partial charge in [-0.15, -0.1) is 0 Å². The Morgan fingerprint density at radius 2 is 1.71 bits per heavy atom. The third-order valence-corrected chi connectivity index (χ3v) is 3.90. The van der Waals surface area contributed by atoms with Crippen LogP contribution in [0.5, 0.6) is 0 Å². The first-order chi connectivity index (χ1) is 11.3. The molecule has 1 aromatic heterocycles. The fourth-order valence-corrected chi connectivity index (χ4v) is 2.52. The van der Waals surface area contributed by atoms with Gasteiger partial charge in [-0.2, -0.15) is 0 Å². The predicted molar refractivity (Wildman–Crippen MR) is 94.2 cm³/mol. The Labute approximate surface area is 155 Å². The second-order valence-corrected chi connectivity index (χ2v) is 5.92. The first kappa shape index (κ1) is 20.4. The van der Waals surface area contributed by atoms with E-state index in [1.807, 2.05) is 30.3 Å². The lowest BCUT2D eigenvalue weighted by atomic mass is 10.1. The number of anilines is 1. The topological polar surface area (TPSA) is 33.0 Å². The van der Waals surface area contributed by atoms with Crippen molar-refractivity contribution in [3.63, 3.8) is 0 Å². The number of hydrogen-bond donors (Lipinski definition) is 1. The van der Waals surface area contributed by atoms with E-state index in [-0.39, 0.29) is 22.9 Å². The van der Waals surface area contributed by atoms with Crippen LogP contribution in [0.2, 0.25) is 0 Å². The molecule has 0 radical (unpaired) electrons. The van der Waals surface area contributed by atoms with Gasteiger partial charge in [-0.1, -0.05) is 31.5 Å². The fourth-order valence-electron chi connectivity index (χ4n) is 2.52. The largest absolute Gasteiger partial charge is 1.00 e. The van der Waals surface area contributed by atoms with Crippen LogP contribution in [-0.4, -0.2) is 5.91 Å². The Hall–Kier alpha value is -1.68. The molecular weight excluding hydrogens is 364 g/mol. The highest BCUT2D eigenvalue weighted by molar-refractivity contribution is 5.90. The van der Waals surface area contributed by atoms with E-state index in [2.05, 4.69) is 41.3 Å². The Morgan fingerprint density at radius 1 is 1.00 bits per heavy atom. The summed E-state index contributed by atoms with van der Waals surface area (Å²) in [4.78, 5) is 12.0. The zero-order chi connectivity index (χ0) is 16.3. The van der Waals surface area contributed by atoms with Crippen molar-refractivity contribution < 1.29 is 26.3 Å². The minimum atomic E-state index is 0. The molecule has 0 spiro atoms. The quantitative estimate of drug-likeness (QED) is 0.505. The molecule has 1 aromatic carbocycles. The molecule has 0 saturated heterocycles. The number of carbonyl (C=O) groups excluding carboxylic acids is 1. The van der Waals surface area contributed by atoms with Crippen LogP contribution in [0.15, 0.2) is 54.9 Å². The number of benzene rings is 1. The molecule has 0 aliphatic rings. The van der Waals surface area contributed by atoms with Gasteiger partial charge in [-0.25, -0.2) is 4.57 Å². The Kier molecular flexibility index (Phi) is 10.0. The Morgan fingerprint density at radius 3 is 2.38 bits per heavy atom. The van der Waals surface area contributed by atoms with Gasteiger partial charge in [0.05, 0.1) is 0 Å². The lowest BCUT2D eigenvalue weighted by Crippen LogP contribution is -3.00. The van der Waals surface area contributed by atoms with Crippen molar-refractivity contribution in [3.05, 3.63) is 60.4 Å². The first-order valence-corrected chi connectivity index (χ1v) is 8.61. The molecule has 1 heterocycles. The van der Waals surface area contributed by atoms with Crippen LogP contribution in [0, 0.1) is 0 Å². The summed E-state index contributed by atoms with van der Waals surface area (Å²) in [7, 11) is 0. The SMILES string of the molecule is CCCCc1ccc(NC(=O)CCCC[n+]2ccccc2)cc1.[Br-]. The van der Waals surface area contributed by atoms with Crippen LogP contribution in [0.4, 0.5) is 5.69 Å². The highest BCUT2D eigenvalue weighted by atomic mass is 79.9. The van der Waals surface area contributed by atoms with Crippen LogP contribution in [0.25, 0.3) is 0 Å². The molecule has 0 bridgehead atoms. The number of halogens is 1. The molecule has 130 valence electrons. The molecule has 0 fully saturated rings. The molecule has 24 heavy (non-hydrogen) atoms. The van der Waals surface area contributed by atoms with Crippen LogP contribution in [-0.2, 0) is 17.8 Å². The van der Waals surface area contributed by atoms with Gasteiger partial charge in [0.2, 0.25) is 5.91 Å². The van der Waals surface area contributed by atoms with Crippen LogP contribution < -0.4 is 26.9 Å². The van der Waals surface area contributed by atoms with Gasteiger partial charge >= 0.3 is 0 Å². The van der Waals surface area contributed by atoms with Gasteiger partial charge in [-0.05, 0) is 37.0 Å². The molecule has 0 aliphatic heterocycles. The standard InChI is InChI=1S/C20H26N2O.BrH/c1-2-3-9-18-11-13-19(14-12-18)21-20(23)10-5-8-17-22-15-6-4-7-16-22;/h4,6-7,11-16H,2-3,5,8-10,17H2,1H3;1H. The molecule has 2 rings (SSSR count).